The lowest BCUT2D eigenvalue weighted by Crippen LogP contribution is -2.71. The zero-order valence-electron chi connectivity index (χ0n) is 19.3. The van der Waals surface area contributed by atoms with E-state index in [2.05, 4.69) is 23.9 Å². The minimum Gasteiger partial charge on any atom is -0.323 e. The Balaban J connectivity index is 0.937. The second-order valence-electron chi connectivity index (χ2n) is 11.5. The first-order chi connectivity index (χ1) is 15.7. The van der Waals surface area contributed by atoms with Crippen LogP contribution < -0.4 is 0 Å². The molecular weight excluding hydrogens is 424 g/mol. The molecule has 0 N–H and O–H groups in total. The molecule has 4 aliphatic rings. The van der Waals surface area contributed by atoms with E-state index in [1.807, 2.05) is 20.8 Å². The van der Waals surface area contributed by atoms with E-state index in [-0.39, 0.29) is 16.9 Å². The molecule has 33 heavy (non-hydrogen) atoms. The van der Waals surface area contributed by atoms with Crippen LogP contribution in [-0.4, -0.2) is 56.8 Å². The number of hydrogen-bond acceptors (Lipinski definition) is 3. The summed E-state index contributed by atoms with van der Waals surface area (Å²) in [6.07, 6.45) is 6.70. The number of rotatable bonds is 4. The molecule has 0 atom stereocenters. The van der Waals surface area contributed by atoms with Crippen LogP contribution in [0.25, 0.3) is 0 Å². The van der Waals surface area contributed by atoms with E-state index in [1.165, 1.54) is 6.07 Å². The van der Waals surface area contributed by atoms with Gasteiger partial charge in [-0.05, 0) is 49.7 Å². The Bertz CT molecular complexity index is 1070. The topological polar surface area (TPSA) is 54.3 Å². The molecule has 2 spiro atoms. The molecule has 0 unspecified atom stereocenters. The quantitative estimate of drug-likeness (QED) is 0.687. The van der Waals surface area contributed by atoms with E-state index in [1.54, 1.807) is 6.07 Å². The summed E-state index contributed by atoms with van der Waals surface area (Å²) >= 11 is 0. The third kappa shape index (κ3) is 3.53. The number of likely N-dealkylation sites (tertiary alicyclic amines) is 2. The Morgan fingerprint density at radius 2 is 1.70 bits per heavy atom. The van der Waals surface area contributed by atoms with Crippen molar-refractivity contribution in [1.82, 2.24) is 24.6 Å². The third-order valence-electron chi connectivity index (χ3n) is 8.37. The molecule has 3 heterocycles. The van der Waals surface area contributed by atoms with Gasteiger partial charge in [-0.1, -0.05) is 19.9 Å². The van der Waals surface area contributed by atoms with Gasteiger partial charge in [0, 0.05) is 49.0 Å². The summed E-state index contributed by atoms with van der Waals surface area (Å²) in [5.74, 6) is 0.685. The molecule has 6 rings (SSSR count). The first-order valence-corrected chi connectivity index (χ1v) is 12.1. The molecule has 2 aromatic rings. The summed E-state index contributed by atoms with van der Waals surface area (Å²) in [5, 5.41) is 4.61. The van der Waals surface area contributed by atoms with Gasteiger partial charge in [-0.2, -0.15) is 5.10 Å². The number of hydrogen-bond donors (Lipinski definition) is 0. The van der Waals surface area contributed by atoms with Gasteiger partial charge in [0.15, 0.2) is 5.82 Å². The highest BCUT2D eigenvalue weighted by molar-refractivity contribution is 5.77. The summed E-state index contributed by atoms with van der Waals surface area (Å²) in [7, 11) is 0. The molecule has 8 heteroatoms. The molecule has 0 radical (unpaired) electrons. The van der Waals surface area contributed by atoms with Gasteiger partial charge >= 0.3 is 6.03 Å². The van der Waals surface area contributed by atoms with Crippen molar-refractivity contribution in [3.8, 4) is 0 Å². The van der Waals surface area contributed by atoms with Crippen molar-refractivity contribution in [3.63, 3.8) is 0 Å². The van der Waals surface area contributed by atoms with E-state index >= 15 is 0 Å². The zero-order chi connectivity index (χ0) is 23.0. The largest absolute Gasteiger partial charge is 0.323 e. The van der Waals surface area contributed by atoms with Gasteiger partial charge in [0.25, 0.3) is 0 Å². The molecular formula is C25H31F2N5O. The van der Waals surface area contributed by atoms with Crippen LogP contribution in [0.5, 0.6) is 0 Å². The lowest BCUT2D eigenvalue weighted by Gasteiger charge is -2.63. The van der Waals surface area contributed by atoms with Gasteiger partial charge in [-0.3, -0.25) is 0 Å². The van der Waals surface area contributed by atoms with Gasteiger partial charge in [0.1, 0.15) is 18.0 Å². The van der Waals surface area contributed by atoms with Crippen LogP contribution in [0.3, 0.4) is 0 Å². The summed E-state index contributed by atoms with van der Waals surface area (Å²) in [5.41, 5.74) is 1.09. The minimum atomic E-state index is -0.529. The number of urea groups is 1. The maximum absolute atomic E-state index is 13.9. The van der Waals surface area contributed by atoms with Crippen molar-refractivity contribution in [3.05, 3.63) is 47.5 Å². The van der Waals surface area contributed by atoms with Crippen molar-refractivity contribution in [2.75, 3.05) is 26.2 Å². The van der Waals surface area contributed by atoms with Gasteiger partial charge in [-0.25, -0.2) is 23.2 Å². The smallest absolute Gasteiger partial charge is 0.320 e. The predicted molar refractivity (Wildman–Crippen MR) is 119 cm³/mol. The first-order valence-electron chi connectivity index (χ1n) is 12.1. The Labute approximate surface area is 193 Å². The maximum atomic E-state index is 13.9. The fourth-order valence-electron chi connectivity index (χ4n) is 6.68. The fourth-order valence-corrected chi connectivity index (χ4v) is 6.68. The van der Waals surface area contributed by atoms with Crippen molar-refractivity contribution < 1.29 is 13.6 Å². The Morgan fingerprint density at radius 3 is 2.27 bits per heavy atom. The number of benzene rings is 1. The van der Waals surface area contributed by atoms with Crippen molar-refractivity contribution in [1.29, 1.82) is 0 Å². The molecule has 2 amide bonds. The number of carbonyl (C=O) groups excluding carboxylic acids is 1. The lowest BCUT2D eigenvalue weighted by molar-refractivity contribution is -0.107. The molecule has 2 saturated heterocycles. The number of nitrogens with zero attached hydrogens (tertiary/aromatic N) is 5. The second-order valence-corrected chi connectivity index (χ2v) is 11.5. The van der Waals surface area contributed by atoms with Crippen LogP contribution in [-0.2, 0) is 6.42 Å². The molecule has 176 valence electrons. The zero-order valence-corrected chi connectivity index (χ0v) is 19.3. The summed E-state index contributed by atoms with van der Waals surface area (Å²) in [6.45, 7) is 7.54. The number of aromatic nitrogens is 3. The molecule has 2 aliphatic heterocycles. The monoisotopic (exact) mass is 455 g/mol. The van der Waals surface area contributed by atoms with Crippen molar-refractivity contribution in [2.24, 2.45) is 16.7 Å². The highest BCUT2D eigenvalue weighted by Crippen LogP contribution is 2.56. The van der Waals surface area contributed by atoms with E-state index in [0.717, 1.165) is 63.8 Å². The second kappa shape index (κ2) is 7.24. The summed E-state index contributed by atoms with van der Waals surface area (Å²) in [6, 6.07) is 4.43. The predicted octanol–water partition coefficient (Wildman–Crippen LogP) is 4.39. The highest BCUT2D eigenvalue weighted by Gasteiger charge is 2.58. The van der Waals surface area contributed by atoms with Crippen molar-refractivity contribution >= 4 is 6.03 Å². The Hall–Kier alpha value is -2.51. The molecule has 4 fully saturated rings. The molecule has 2 saturated carbocycles. The summed E-state index contributed by atoms with van der Waals surface area (Å²) < 4.78 is 29.0. The van der Waals surface area contributed by atoms with Crippen LogP contribution in [0.15, 0.2) is 24.5 Å². The van der Waals surface area contributed by atoms with Crippen LogP contribution in [0.4, 0.5) is 13.6 Å². The van der Waals surface area contributed by atoms with Crippen LogP contribution in [0.1, 0.15) is 62.9 Å². The van der Waals surface area contributed by atoms with Crippen molar-refractivity contribution in [2.45, 2.75) is 57.9 Å². The number of amides is 2. The van der Waals surface area contributed by atoms with Crippen LogP contribution >= 0.6 is 0 Å². The van der Waals surface area contributed by atoms with Crippen LogP contribution in [0, 0.1) is 28.4 Å². The number of carbonyl (C=O) groups is 1. The molecule has 2 aliphatic carbocycles. The Kier molecular flexibility index (Phi) is 4.62. The van der Waals surface area contributed by atoms with Gasteiger partial charge in [-0.15, -0.1) is 0 Å². The highest BCUT2D eigenvalue weighted by atomic mass is 19.1. The average Bonchev–Trinajstić information content (AvgIpc) is 3.12. The normalized spacial score (nSPS) is 23.4. The fraction of sp³-hybridized carbons (Fsp3) is 0.640. The van der Waals surface area contributed by atoms with E-state index < -0.39 is 11.6 Å². The van der Waals surface area contributed by atoms with E-state index in [9.17, 15) is 13.6 Å². The van der Waals surface area contributed by atoms with Crippen LogP contribution in [0.2, 0.25) is 0 Å². The average molecular weight is 456 g/mol. The third-order valence-corrected chi connectivity index (χ3v) is 8.37. The Morgan fingerprint density at radius 1 is 1.06 bits per heavy atom. The number of halogens is 2. The molecule has 0 bridgehead atoms. The standard InChI is InChI=1S/C25H31F2N5O/c1-16(2)22-28-15-32(29-22)20-9-25(10-20)13-31(14-25)23(33)30-11-24(12-30)7-17(8-24)5-18-3-4-19(26)6-21(18)27/h3-4,6,15-17,20H,5,7-14H2,1-2H3. The first kappa shape index (κ1) is 21.1. The summed E-state index contributed by atoms with van der Waals surface area (Å²) in [4.78, 5) is 21.3. The van der Waals surface area contributed by atoms with Gasteiger partial charge in [0.05, 0.1) is 6.04 Å². The minimum absolute atomic E-state index is 0.172. The molecule has 1 aromatic heterocycles. The molecule has 6 nitrogen and oxygen atoms in total. The van der Waals surface area contributed by atoms with E-state index in [0.29, 0.717) is 29.9 Å². The SMILES string of the molecule is CC(C)c1ncn(C2CC3(C2)CN(C(=O)N2CC4(CC(Cc5ccc(F)cc5F)C4)C2)C3)n1. The van der Waals surface area contributed by atoms with E-state index in [4.69, 9.17) is 0 Å². The van der Waals surface area contributed by atoms with Gasteiger partial charge in [0.2, 0.25) is 0 Å². The van der Waals surface area contributed by atoms with Gasteiger partial charge < -0.3 is 9.80 Å². The maximum Gasteiger partial charge on any atom is 0.320 e. The molecule has 1 aromatic carbocycles. The lowest BCUT2D eigenvalue weighted by atomic mass is 9.56.